The van der Waals surface area contributed by atoms with Crippen molar-refractivity contribution in [1.82, 2.24) is 0 Å². The van der Waals surface area contributed by atoms with Crippen LogP contribution < -0.4 is 9.47 Å². The van der Waals surface area contributed by atoms with Gasteiger partial charge in [0, 0.05) is 17.7 Å². The van der Waals surface area contributed by atoms with Gasteiger partial charge in [-0.15, -0.1) is 0 Å². The Morgan fingerprint density at radius 3 is 2.26 bits per heavy atom. The molecule has 1 aliphatic rings. The van der Waals surface area contributed by atoms with Gasteiger partial charge in [-0.2, -0.15) is 0 Å². The van der Waals surface area contributed by atoms with Crippen molar-refractivity contribution in [2.24, 2.45) is 4.99 Å². The number of rotatable bonds is 5. The minimum Gasteiger partial charge on any atom is -0.493 e. The summed E-state index contributed by atoms with van der Waals surface area (Å²) in [7, 11) is 3.25. The van der Waals surface area contributed by atoms with Gasteiger partial charge in [0.15, 0.2) is 17.3 Å². The first-order valence-electron chi connectivity index (χ1n) is 9.26. The molecule has 0 radical (unpaired) electrons. The molecular formula is C23H27NO3. The van der Waals surface area contributed by atoms with E-state index in [1.807, 2.05) is 36.4 Å². The zero-order chi connectivity index (χ0) is 19.6. The molecule has 3 rings (SSSR count). The van der Waals surface area contributed by atoms with Crippen molar-refractivity contribution < 1.29 is 14.3 Å². The number of carbonyl (C=O) groups excluding carboxylic acids is 1. The van der Waals surface area contributed by atoms with Crippen molar-refractivity contribution >= 4 is 11.5 Å². The molecule has 2 aromatic rings. The molecule has 142 valence electrons. The molecule has 0 N–H and O–H groups in total. The largest absolute Gasteiger partial charge is 0.493 e. The first-order valence-corrected chi connectivity index (χ1v) is 9.26. The fourth-order valence-electron chi connectivity index (χ4n) is 3.35. The van der Waals surface area contributed by atoms with E-state index in [4.69, 9.17) is 9.47 Å². The molecule has 0 saturated carbocycles. The van der Waals surface area contributed by atoms with E-state index < -0.39 is 0 Å². The summed E-state index contributed by atoms with van der Waals surface area (Å²) in [6.45, 7) is 7.19. The molecule has 0 aliphatic carbocycles. The minimum atomic E-state index is 0.0730. The van der Waals surface area contributed by atoms with E-state index in [1.54, 1.807) is 14.2 Å². The Morgan fingerprint density at radius 1 is 1.04 bits per heavy atom. The van der Waals surface area contributed by atoms with Crippen molar-refractivity contribution in [3.8, 4) is 11.5 Å². The Balaban J connectivity index is 1.84. The number of ether oxygens (including phenoxy) is 2. The number of methoxy groups -OCH3 is 2. The number of fused-ring (bicyclic) bond motifs is 1. The van der Waals surface area contributed by atoms with Crippen molar-refractivity contribution in [1.29, 1.82) is 0 Å². The van der Waals surface area contributed by atoms with Crippen LogP contribution in [0.2, 0.25) is 0 Å². The van der Waals surface area contributed by atoms with Crippen LogP contribution in [0.25, 0.3) is 0 Å². The summed E-state index contributed by atoms with van der Waals surface area (Å²) in [5.41, 5.74) is 4.97. The maximum atomic E-state index is 12.8. The number of Topliss-reactive ketones (excluding diaryl/α,β-unsaturated/α-hetero) is 1. The lowest BCUT2D eigenvalue weighted by Gasteiger charge is -2.20. The summed E-state index contributed by atoms with van der Waals surface area (Å²) in [6, 6.07) is 11.8. The smallest absolute Gasteiger partial charge is 0.168 e. The number of hydrogen-bond acceptors (Lipinski definition) is 4. The van der Waals surface area contributed by atoms with Gasteiger partial charge in [0.1, 0.15) is 0 Å². The van der Waals surface area contributed by atoms with Crippen LogP contribution in [0.1, 0.15) is 54.2 Å². The first kappa shape index (κ1) is 19.2. The molecule has 2 aromatic carbocycles. The maximum absolute atomic E-state index is 12.8. The number of hydrogen-bond donors (Lipinski definition) is 0. The van der Waals surface area contributed by atoms with Gasteiger partial charge in [0.2, 0.25) is 0 Å². The summed E-state index contributed by atoms with van der Waals surface area (Å²) in [5.74, 6) is 1.45. The van der Waals surface area contributed by atoms with E-state index in [9.17, 15) is 4.79 Å². The molecule has 0 amide bonds. The molecule has 0 spiro atoms. The second-order valence-corrected chi connectivity index (χ2v) is 7.87. The molecule has 1 heterocycles. The molecule has 27 heavy (non-hydrogen) atoms. The molecule has 4 nitrogen and oxygen atoms in total. The number of benzene rings is 2. The normalized spacial score (nSPS) is 13.6. The van der Waals surface area contributed by atoms with Crippen molar-refractivity contribution in [2.75, 3.05) is 20.8 Å². The summed E-state index contributed by atoms with van der Waals surface area (Å²) in [4.78, 5) is 17.4. The summed E-state index contributed by atoms with van der Waals surface area (Å²) in [6.07, 6.45) is 1.13. The van der Waals surface area contributed by atoms with E-state index in [-0.39, 0.29) is 17.6 Å². The number of ketones is 1. The second kappa shape index (κ2) is 7.55. The van der Waals surface area contributed by atoms with Gasteiger partial charge in [-0.25, -0.2) is 0 Å². The Bertz CT molecular complexity index is 874. The molecule has 0 bridgehead atoms. The van der Waals surface area contributed by atoms with Gasteiger partial charge in [-0.05, 0) is 35.1 Å². The summed E-state index contributed by atoms with van der Waals surface area (Å²) < 4.78 is 10.8. The van der Waals surface area contributed by atoms with Crippen LogP contribution >= 0.6 is 0 Å². The standard InChI is InChI=1S/C23H27NO3/c1-23(2,3)17-8-6-15(7-9-17)20(25)14-19-18-13-22(27-5)21(26-4)12-16(18)10-11-24-19/h6-9,12-13H,10-11,14H2,1-5H3. The fraction of sp³-hybridized carbons (Fsp3) is 0.391. The third-order valence-electron chi connectivity index (χ3n) is 5.00. The molecule has 0 atom stereocenters. The van der Waals surface area contributed by atoms with Crippen LogP contribution in [0.4, 0.5) is 0 Å². The van der Waals surface area contributed by atoms with Gasteiger partial charge >= 0.3 is 0 Å². The predicted octanol–water partition coefficient (Wildman–Crippen LogP) is 4.62. The second-order valence-electron chi connectivity index (χ2n) is 7.87. The molecule has 4 heteroatoms. The average Bonchev–Trinajstić information content (AvgIpc) is 2.66. The van der Waals surface area contributed by atoms with Crippen LogP contribution in [0.15, 0.2) is 41.4 Å². The highest BCUT2D eigenvalue weighted by atomic mass is 16.5. The lowest BCUT2D eigenvalue weighted by atomic mass is 9.86. The predicted molar refractivity (Wildman–Crippen MR) is 109 cm³/mol. The van der Waals surface area contributed by atoms with E-state index in [2.05, 4.69) is 25.8 Å². The first-order chi connectivity index (χ1) is 12.8. The molecular weight excluding hydrogens is 338 g/mol. The zero-order valence-electron chi connectivity index (χ0n) is 16.8. The Hall–Kier alpha value is -2.62. The summed E-state index contributed by atoms with van der Waals surface area (Å²) >= 11 is 0. The fourth-order valence-corrected chi connectivity index (χ4v) is 3.35. The van der Waals surface area contributed by atoms with Gasteiger partial charge in [0.25, 0.3) is 0 Å². The van der Waals surface area contributed by atoms with Gasteiger partial charge in [-0.3, -0.25) is 9.79 Å². The van der Waals surface area contributed by atoms with E-state index in [0.717, 1.165) is 28.8 Å². The lowest BCUT2D eigenvalue weighted by molar-refractivity contribution is 0.100. The highest BCUT2D eigenvalue weighted by Gasteiger charge is 2.21. The van der Waals surface area contributed by atoms with Crippen LogP contribution in [0, 0.1) is 0 Å². The van der Waals surface area contributed by atoms with Crippen LogP contribution in [0.3, 0.4) is 0 Å². The molecule has 0 fully saturated rings. The maximum Gasteiger partial charge on any atom is 0.168 e. The van der Waals surface area contributed by atoms with Crippen LogP contribution in [0.5, 0.6) is 11.5 Å². The van der Waals surface area contributed by atoms with Crippen LogP contribution in [-0.4, -0.2) is 32.3 Å². The monoisotopic (exact) mass is 365 g/mol. The van der Waals surface area contributed by atoms with Crippen molar-refractivity contribution in [3.63, 3.8) is 0 Å². The quantitative estimate of drug-likeness (QED) is 0.727. The Labute approximate surface area is 161 Å². The van der Waals surface area contributed by atoms with Gasteiger partial charge < -0.3 is 9.47 Å². The molecule has 0 aromatic heterocycles. The third kappa shape index (κ3) is 4.05. The third-order valence-corrected chi connectivity index (χ3v) is 5.00. The molecule has 1 aliphatic heterocycles. The van der Waals surface area contributed by atoms with E-state index >= 15 is 0 Å². The van der Waals surface area contributed by atoms with Crippen molar-refractivity contribution in [3.05, 3.63) is 58.7 Å². The van der Waals surface area contributed by atoms with E-state index in [0.29, 0.717) is 18.0 Å². The van der Waals surface area contributed by atoms with E-state index in [1.165, 1.54) is 5.56 Å². The highest BCUT2D eigenvalue weighted by molar-refractivity contribution is 6.16. The van der Waals surface area contributed by atoms with Gasteiger partial charge in [0.05, 0.1) is 26.4 Å². The number of nitrogens with zero attached hydrogens (tertiary/aromatic N) is 1. The average molecular weight is 365 g/mol. The van der Waals surface area contributed by atoms with Gasteiger partial charge in [-0.1, -0.05) is 45.0 Å². The van der Waals surface area contributed by atoms with Crippen LogP contribution in [-0.2, 0) is 11.8 Å². The van der Waals surface area contributed by atoms with Crippen molar-refractivity contribution in [2.45, 2.75) is 39.0 Å². The highest BCUT2D eigenvalue weighted by Crippen LogP contribution is 2.33. The SMILES string of the molecule is COc1cc2c(cc1OC)C(CC(=O)c1ccc(C(C)(C)C)cc1)=NCC2. The minimum absolute atomic E-state index is 0.0730. The topological polar surface area (TPSA) is 47.9 Å². The Morgan fingerprint density at radius 2 is 1.67 bits per heavy atom. The molecule has 0 saturated heterocycles. The number of carbonyl (C=O) groups is 1. The lowest BCUT2D eigenvalue weighted by Crippen LogP contribution is -2.17. The zero-order valence-corrected chi connectivity index (χ0v) is 16.8. The molecule has 0 unspecified atom stereocenters. The summed E-state index contributed by atoms with van der Waals surface area (Å²) in [5, 5.41) is 0. The Kier molecular flexibility index (Phi) is 5.36. The number of aliphatic imine (C=N–C) groups is 1.